The van der Waals surface area contributed by atoms with E-state index in [1.807, 2.05) is 5.38 Å². The third kappa shape index (κ3) is 2.78. The molecule has 0 unspecified atom stereocenters. The molecule has 5 nitrogen and oxygen atoms in total. The average molecular weight is 242 g/mol. The molecule has 16 heavy (non-hydrogen) atoms. The van der Waals surface area contributed by atoms with Gasteiger partial charge in [-0.25, -0.2) is 0 Å². The third-order valence-corrected chi connectivity index (χ3v) is 3.71. The second-order valence-electron chi connectivity index (χ2n) is 4.06. The molecule has 1 aliphatic rings. The van der Waals surface area contributed by atoms with Crippen LogP contribution in [0.1, 0.15) is 18.4 Å². The molecule has 0 saturated carbocycles. The van der Waals surface area contributed by atoms with Gasteiger partial charge in [0.1, 0.15) is 0 Å². The van der Waals surface area contributed by atoms with Gasteiger partial charge in [-0.15, -0.1) is 0 Å². The molecule has 0 bridgehead atoms. The molecule has 1 fully saturated rings. The largest absolute Gasteiger partial charge is 0.393 e. The summed E-state index contributed by atoms with van der Waals surface area (Å²) >= 11 is 1.17. The van der Waals surface area contributed by atoms with Gasteiger partial charge in [-0.05, 0) is 18.4 Å². The third-order valence-electron chi connectivity index (χ3n) is 2.78. The number of hydrogen-bond acceptors (Lipinski definition) is 5. The first-order valence-electron chi connectivity index (χ1n) is 5.27. The Balaban J connectivity index is 1.91. The van der Waals surface area contributed by atoms with Gasteiger partial charge in [-0.3, -0.25) is 15.0 Å². The number of likely N-dealkylation sites (tertiary alicyclic amines) is 1. The van der Waals surface area contributed by atoms with Crippen molar-refractivity contribution in [3.63, 3.8) is 0 Å². The lowest BCUT2D eigenvalue weighted by atomic mass is 10.1. The summed E-state index contributed by atoms with van der Waals surface area (Å²) in [6.45, 7) is 2.48. The standard InChI is InChI=1S/C10H14N2O3S/c13-9-1-3-11(4-2-9)6-8-5-10(12(14)15)16-7-8/h5,7,9,13H,1-4,6H2. The van der Waals surface area contributed by atoms with Crippen molar-refractivity contribution in [2.75, 3.05) is 13.1 Å². The first-order chi connectivity index (χ1) is 7.65. The van der Waals surface area contributed by atoms with Crippen molar-refractivity contribution in [1.82, 2.24) is 4.90 Å². The maximum absolute atomic E-state index is 10.5. The minimum absolute atomic E-state index is 0.173. The van der Waals surface area contributed by atoms with Gasteiger partial charge in [0.15, 0.2) is 0 Å². The van der Waals surface area contributed by atoms with E-state index in [0.717, 1.165) is 38.0 Å². The summed E-state index contributed by atoms with van der Waals surface area (Å²) in [5.41, 5.74) is 0.994. The average Bonchev–Trinajstić information content (AvgIpc) is 2.70. The van der Waals surface area contributed by atoms with Gasteiger partial charge < -0.3 is 5.11 Å². The van der Waals surface area contributed by atoms with Crippen molar-refractivity contribution in [2.24, 2.45) is 0 Å². The molecule has 6 heteroatoms. The van der Waals surface area contributed by atoms with Crippen LogP contribution in [0.2, 0.25) is 0 Å². The van der Waals surface area contributed by atoms with Gasteiger partial charge in [0, 0.05) is 31.1 Å². The van der Waals surface area contributed by atoms with Crippen LogP contribution in [0.25, 0.3) is 0 Å². The number of rotatable bonds is 3. The maximum Gasteiger partial charge on any atom is 0.324 e. The molecular formula is C10H14N2O3S. The fourth-order valence-corrected chi connectivity index (χ4v) is 2.60. The van der Waals surface area contributed by atoms with Crippen LogP contribution in [0.3, 0.4) is 0 Å². The molecule has 0 radical (unpaired) electrons. The van der Waals surface area contributed by atoms with Crippen LogP contribution in [-0.4, -0.2) is 34.1 Å². The zero-order valence-corrected chi connectivity index (χ0v) is 9.65. The van der Waals surface area contributed by atoms with Gasteiger partial charge in [-0.1, -0.05) is 11.3 Å². The molecule has 1 aliphatic heterocycles. The van der Waals surface area contributed by atoms with Crippen molar-refractivity contribution in [2.45, 2.75) is 25.5 Å². The zero-order valence-electron chi connectivity index (χ0n) is 8.83. The SMILES string of the molecule is O=[N+]([O-])c1cc(CN2CCC(O)CC2)cs1. The Labute approximate surface area is 97.5 Å². The van der Waals surface area contributed by atoms with Gasteiger partial charge in [0.2, 0.25) is 0 Å². The normalized spacial score (nSPS) is 18.8. The van der Waals surface area contributed by atoms with Crippen molar-refractivity contribution >= 4 is 16.3 Å². The van der Waals surface area contributed by atoms with Crippen LogP contribution in [-0.2, 0) is 6.54 Å². The number of nitro groups is 1. The summed E-state index contributed by atoms with van der Waals surface area (Å²) in [6.07, 6.45) is 1.42. The molecule has 1 aromatic rings. The minimum Gasteiger partial charge on any atom is -0.393 e. The van der Waals surface area contributed by atoms with E-state index in [1.165, 1.54) is 11.3 Å². The van der Waals surface area contributed by atoms with Gasteiger partial charge in [0.05, 0.1) is 11.0 Å². The topological polar surface area (TPSA) is 66.6 Å². The van der Waals surface area contributed by atoms with E-state index in [9.17, 15) is 15.2 Å². The van der Waals surface area contributed by atoms with Crippen molar-refractivity contribution in [3.8, 4) is 0 Å². The van der Waals surface area contributed by atoms with Crippen LogP contribution in [0.4, 0.5) is 5.00 Å². The number of aliphatic hydroxyl groups excluding tert-OH is 1. The van der Waals surface area contributed by atoms with E-state index in [-0.39, 0.29) is 16.0 Å². The Morgan fingerprint density at radius 2 is 2.25 bits per heavy atom. The van der Waals surface area contributed by atoms with E-state index in [0.29, 0.717) is 0 Å². The quantitative estimate of drug-likeness (QED) is 0.646. The molecule has 0 aromatic carbocycles. The Hall–Kier alpha value is -0.980. The molecule has 2 heterocycles. The lowest BCUT2D eigenvalue weighted by Gasteiger charge is -2.28. The van der Waals surface area contributed by atoms with Crippen LogP contribution in [0.15, 0.2) is 11.4 Å². The van der Waals surface area contributed by atoms with E-state index in [1.54, 1.807) is 6.07 Å². The second kappa shape index (κ2) is 4.90. The number of nitrogens with zero attached hydrogens (tertiary/aromatic N) is 2. The first kappa shape index (κ1) is 11.5. The predicted octanol–water partition coefficient (Wildman–Crippen LogP) is 1.61. The van der Waals surface area contributed by atoms with Gasteiger partial charge >= 0.3 is 5.00 Å². The summed E-state index contributed by atoms with van der Waals surface area (Å²) in [5.74, 6) is 0. The summed E-state index contributed by atoms with van der Waals surface area (Å²) in [5, 5.41) is 21.9. The second-order valence-corrected chi connectivity index (χ2v) is 4.95. The summed E-state index contributed by atoms with van der Waals surface area (Å²) in [4.78, 5) is 12.4. The highest BCUT2D eigenvalue weighted by atomic mass is 32.1. The highest BCUT2D eigenvalue weighted by Crippen LogP contribution is 2.24. The summed E-state index contributed by atoms with van der Waals surface area (Å²) < 4.78 is 0. The van der Waals surface area contributed by atoms with Crippen LogP contribution in [0.5, 0.6) is 0 Å². The molecule has 88 valence electrons. The fourth-order valence-electron chi connectivity index (χ4n) is 1.88. The smallest absolute Gasteiger partial charge is 0.324 e. The van der Waals surface area contributed by atoms with Crippen LogP contribution in [0, 0.1) is 10.1 Å². The molecule has 0 spiro atoms. The maximum atomic E-state index is 10.5. The molecule has 1 saturated heterocycles. The number of piperidine rings is 1. The Morgan fingerprint density at radius 3 is 2.81 bits per heavy atom. The molecule has 1 aromatic heterocycles. The lowest BCUT2D eigenvalue weighted by Crippen LogP contribution is -2.35. The van der Waals surface area contributed by atoms with Gasteiger partial charge in [0.25, 0.3) is 0 Å². The number of aliphatic hydroxyl groups is 1. The Morgan fingerprint density at radius 1 is 1.56 bits per heavy atom. The van der Waals surface area contributed by atoms with E-state index in [2.05, 4.69) is 4.90 Å². The molecular weight excluding hydrogens is 228 g/mol. The Kier molecular flexibility index (Phi) is 3.52. The van der Waals surface area contributed by atoms with Crippen molar-refractivity contribution in [1.29, 1.82) is 0 Å². The minimum atomic E-state index is -0.353. The van der Waals surface area contributed by atoms with Crippen molar-refractivity contribution in [3.05, 3.63) is 27.1 Å². The van der Waals surface area contributed by atoms with Crippen molar-refractivity contribution < 1.29 is 10.0 Å². The molecule has 2 rings (SSSR count). The van der Waals surface area contributed by atoms with Gasteiger partial charge in [-0.2, -0.15) is 0 Å². The molecule has 0 amide bonds. The van der Waals surface area contributed by atoms with Crippen LogP contribution < -0.4 is 0 Å². The monoisotopic (exact) mass is 242 g/mol. The number of thiophene rings is 1. The number of hydrogen-bond donors (Lipinski definition) is 1. The van der Waals surface area contributed by atoms with E-state index in [4.69, 9.17) is 0 Å². The summed E-state index contributed by atoms with van der Waals surface area (Å²) in [6, 6.07) is 1.63. The molecule has 1 N–H and O–H groups in total. The zero-order chi connectivity index (χ0) is 11.5. The van der Waals surface area contributed by atoms with E-state index >= 15 is 0 Å². The van der Waals surface area contributed by atoms with Crippen LogP contribution >= 0.6 is 11.3 Å². The predicted molar refractivity (Wildman–Crippen MR) is 61.5 cm³/mol. The lowest BCUT2D eigenvalue weighted by molar-refractivity contribution is -0.380. The van der Waals surface area contributed by atoms with E-state index < -0.39 is 0 Å². The Bertz CT molecular complexity index is 372. The first-order valence-corrected chi connectivity index (χ1v) is 6.15. The highest BCUT2D eigenvalue weighted by molar-refractivity contribution is 7.13. The molecule has 0 atom stereocenters. The summed E-state index contributed by atoms with van der Waals surface area (Å²) in [7, 11) is 0. The fraction of sp³-hybridized carbons (Fsp3) is 0.600. The highest BCUT2D eigenvalue weighted by Gasteiger charge is 2.18. The molecule has 0 aliphatic carbocycles.